The van der Waals surface area contributed by atoms with Crippen molar-refractivity contribution >= 4 is 60.0 Å². The number of carbonyl (C=O) groups is 3. The molecule has 1 saturated heterocycles. The van der Waals surface area contributed by atoms with E-state index in [0.717, 1.165) is 51.7 Å². The number of thiol groups is 1. The van der Waals surface area contributed by atoms with Crippen molar-refractivity contribution in [1.29, 1.82) is 0 Å². The van der Waals surface area contributed by atoms with Gasteiger partial charge in [0, 0.05) is 38.4 Å². The van der Waals surface area contributed by atoms with E-state index in [2.05, 4.69) is 56.7 Å². The molecule has 1 fully saturated rings. The van der Waals surface area contributed by atoms with Crippen molar-refractivity contribution in [1.82, 2.24) is 10.2 Å². The standard InChI is InChI=1S/C39H48N2O6S2Si/c1-26(42)33(25-48)40-38(44)46-31-18-19-32-34(24-31)49-37(28-12-16-30(17-13-28)47-50(5,6)39(2,3)4)35(32)36(43)27-10-14-29(15-11-27)45-23-22-41-20-8-7-9-21-41/h10-19,24,33,48H,7-9,20-23,25H2,1-6H3,(H,40,44). The number of piperidine rings is 1. The number of likely N-dealkylation sites (tertiary alicyclic amines) is 1. The normalized spacial score (nSPS) is 14.6. The zero-order chi connectivity index (χ0) is 36.1. The van der Waals surface area contributed by atoms with Gasteiger partial charge in [-0.25, -0.2) is 4.79 Å². The lowest BCUT2D eigenvalue weighted by Gasteiger charge is -2.36. The summed E-state index contributed by atoms with van der Waals surface area (Å²) in [6.45, 7) is 16.2. The second-order valence-electron chi connectivity index (χ2n) is 14.3. The highest BCUT2D eigenvalue weighted by Crippen LogP contribution is 2.43. The van der Waals surface area contributed by atoms with E-state index in [4.69, 9.17) is 13.9 Å². The van der Waals surface area contributed by atoms with Gasteiger partial charge in [0.2, 0.25) is 8.32 Å². The summed E-state index contributed by atoms with van der Waals surface area (Å²) in [6, 6.07) is 19.7. The van der Waals surface area contributed by atoms with Crippen LogP contribution in [0.1, 0.15) is 62.9 Å². The lowest BCUT2D eigenvalue weighted by molar-refractivity contribution is -0.118. The average Bonchev–Trinajstić information content (AvgIpc) is 3.46. The molecule has 1 unspecified atom stereocenters. The van der Waals surface area contributed by atoms with Gasteiger partial charge >= 0.3 is 6.09 Å². The minimum atomic E-state index is -2.04. The molecule has 1 aliphatic heterocycles. The molecule has 0 aliphatic carbocycles. The van der Waals surface area contributed by atoms with Crippen LogP contribution in [0.4, 0.5) is 4.79 Å². The van der Waals surface area contributed by atoms with E-state index in [-0.39, 0.29) is 22.4 Å². The van der Waals surface area contributed by atoms with Crippen molar-refractivity contribution in [3.8, 4) is 27.7 Å². The number of rotatable bonds is 13. The van der Waals surface area contributed by atoms with Crippen molar-refractivity contribution in [2.45, 2.75) is 71.1 Å². The number of hydrogen-bond acceptors (Lipinski definition) is 9. The van der Waals surface area contributed by atoms with Gasteiger partial charge < -0.3 is 19.2 Å². The largest absolute Gasteiger partial charge is 0.544 e. The SMILES string of the molecule is CC(=O)C(CS)NC(=O)Oc1ccc2c(C(=O)c3ccc(OCCN4CCCCC4)cc3)c(-c3ccc(O[Si](C)(C)C(C)(C)C)cc3)sc2c1. The zero-order valence-electron chi connectivity index (χ0n) is 29.8. The number of carbonyl (C=O) groups excluding carboxylic acids is 3. The molecule has 11 heteroatoms. The van der Waals surface area contributed by atoms with E-state index in [1.54, 1.807) is 18.2 Å². The van der Waals surface area contributed by atoms with E-state index in [1.165, 1.54) is 37.5 Å². The zero-order valence-corrected chi connectivity index (χ0v) is 32.5. The lowest BCUT2D eigenvalue weighted by Crippen LogP contribution is -2.43. The molecule has 50 heavy (non-hydrogen) atoms. The molecular formula is C39H48N2O6S2Si. The Bertz CT molecular complexity index is 1810. The second-order valence-corrected chi connectivity index (χ2v) is 20.5. The van der Waals surface area contributed by atoms with E-state index >= 15 is 0 Å². The van der Waals surface area contributed by atoms with Crippen LogP contribution < -0.4 is 19.2 Å². The summed E-state index contributed by atoms with van der Waals surface area (Å²) in [5.41, 5.74) is 2.01. The molecule has 1 aromatic heterocycles. The van der Waals surface area contributed by atoms with Gasteiger partial charge in [0.1, 0.15) is 23.9 Å². The van der Waals surface area contributed by atoms with E-state index in [9.17, 15) is 14.4 Å². The summed E-state index contributed by atoms with van der Waals surface area (Å²) >= 11 is 5.60. The maximum Gasteiger partial charge on any atom is 0.413 e. The Labute approximate surface area is 306 Å². The molecule has 1 atom stereocenters. The van der Waals surface area contributed by atoms with Crippen LogP contribution in [0.3, 0.4) is 0 Å². The Morgan fingerprint density at radius 2 is 1.56 bits per heavy atom. The number of benzene rings is 3. The molecule has 5 rings (SSSR count). The Kier molecular flexibility index (Phi) is 12.1. The molecule has 8 nitrogen and oxygen atoms in total. The van der Waals surface area contributed by atoms with Crippen molar-refractivity contribution in [3.63, 3.8) is 0 Å². The number of nitrogens with one attached hydrogen (secondary N) is 1. The van der Waals surface area contributed by atoms with Gasteiger partial charge in [-0.05, 0) is 123 Å². The minimum absolute atomic E-state index is 0.0566. The minimum Gasteiger partial charge on any atom is -0.544 e. The molecular weight excluding hydrogens is 685 g/mol. The molecule has 1 amide bonds. The molecule has 2 heterocycles. The van der Waals surface area contributed by atoms with Gasteiger partial charge in [0.15, 0.2) is 11.6 Å². The molecule has 1 aliphatic rings. The monoisotopic (exact) mass is 732 g/mol. The number of Topliss-reactive ketones (excluding diaryl/α,β-unsaturated/α-hetero) is 1. The van der Waals surface area contributed by atoms with Crippen LogP contribution >= 0.6 is 24.0 Å². The number of nitrogens with zero attached hydrogens (tertiary/aromatic N) is 1. The van der Waals surface area contributed by atoms with Crippen LogP contribution in [0.5, 0.6) is 17.2 Å². The quantitative estimate of drug-likeness (QED) is 0.0805. The van der Waals surface area contributed by atoms with Gasteiger partial charge in [-0.3, -0.25) is 14.5 Å². The van der Waals surface area contributed by atoms with Crippen LogP contribution in [0.15, 0.2) is 66.7 Å². The molecule has 266 valence electrons. The predicted molar refractivity (Wildman–Crippen MR) is 208 cm³/mol. The van der Waals surface area contributed by atoms with Gasteiger partial charge in [-0.1, -0.05) is 27.2 Å². The van der Waals surface area contributed by atoms with Crippen molar-refractivity contribution in [3.05, 3.63) is 77.9 Å². The smallest absolute Gasteiger partial charge is 0.413 e. The van der Waals surface area contributed by atoms with Crippen LogP contribution in [0, 0.1) is 0 Å². The average molecular weight is 733 g/mol. The molecule has 0 bridgehead atoms. The van der Waals surface area contributed by atoms with Gasteiger partial charge in [-0.2, -0.15) is 12.6 Å². The fraction of sp³-hybridized carbons (Fsp3) is 0.410. The van der Waals surface area contributed by atoms with Gasteiger partial charge in [-0.15, -0.1) is 11.3 Å². The fourth-order valence-corrected chi connectivity index (χ4v) is 8.18. The van der Waals surface area contributed by atoms with E-state index < -0.39 is 20.5 Å². The van der Waals surface area contributed by atoms with Crippen LogP contribution in [0.2, 0.25) is 18.1 Å². The predicted octanol–water partition coefficient (Wildman–Crippen LogP) is 9.02. The molecule has 0 saturated carbocycles. The lowest BCUT2D eigenvalue weighted by atomic mass is 9.97. The Morgan fingerprint density at radius 1 is 0.920 bits per heavy atom. The van der Waals surface area contributed by atoms with Gasteiger partial charge in [0.25, 0.3) is 0 Å². The number of hydrogen-bond donors (Lipinski definition) is 2. The maximum atomic E-state index is 14.3. The first-order valence-corrected chi connectivity index (χ1v) is 21.6. The van der Waals surface area contributed by atoms with Crippen LogP contribution in [0.25, 0.3) is 20.5 Å². The van der Waals surface area contributed by atoms with Crippen molar-refractivity contribution < 1.29 is 28.3 Å². The number of fused-ring (bicyclic) bond motifs is 1. The van der Waals surface area contributed by atoms with Crippen molar-refractivity contribution in [2.75, 3.05) is 32.0 Å². The molecule has 3 aromatic carbocycles. The third-order valence-electron chi connectivity index (χ3n) is 9.60. The highest BCUT2D eigenvalue weighted by Gasteiger charge is 2.39. The van der Waals surface area contributed by atoms with Crippen LogP contribution in [-0.4, -0.2) is 68.9 Å². The summed E-state index contributed by atoms with van der Waals surface area (Å²) in [6.07, 6.45) is 3.04. The molecule has 4 aromatic rings. The summed E-state index contributed by atoms with van der Waals surface area (Å²) in [5.74, 6) is 1.67. The molecule has 0 spiro atoms. The Morgan fingerprint density at radius 3 is 2.18 bits per heavy atom. The highest BCUT2D eigenvalue weighted by atomic mass is 32.1. The van der Waals surface area contributed by atoms with Crippen molar-refractivity contribution in [2.24, 2.45) is 0 Å². The number of thiophene rings is 1. The number of ketones is 2. The van der Waals surface area contributed by atoms with Gasteiger partial charge in [0.05, 0.1) is 6.04 Å². The number of ether oxygens (including phenoxy) is 2. The third-order valence-corrected chi connectivity index (χ3v) is 15.5. The summed E-state index contributed by atoms with van der Waals surface area (Å²) in [4.78, 5) is 41.9. The first-order chi connectivity index (χ1) is 23.8. The highest BCUT2D eigenvalue weighted by molar-refractivity contribution is 7.80. The maximum absolute atomic E-state index is 14.3. The third kappa shape index (κ3) is 9.17. The summed E-state index contributed by atoms with van der Waals surface area (Å²) < 4.78 is 18.9. The summed E-state index contributed by atoms with van der Waals surface area (Å²) in [7, 11) is -2.04. The fourth-order valence-electron chi connectivity index (χ4n) is 5.57. The second kappa shape index (κ2) is 16.1. The Hall–Kier alpha value is -3.64. The molecule has 1 N–H and O–H groups in total. The van der Waals surface area contributed by atoms with Crippen LogP contribution in [-0.2, 0) is 4.79 Å². The number of amides is 1. The van der Waals surface area contributed by atoms with E-state index in [0.29, 0.717) is 23.5 Å². The first kappa shape index (κ1) is 37.6. The first-order valence-electron chi connectivity index (χ1n) is 17.2. The topological polar surface area (TPSA) is 94.2 Å². The molecule has 0 radical (unpaired) electrons. The van der Waals surface area contributed by atoms with E-state index in [1.807, 2.05) is 48.5 Å². The Balaban J connectivity index is 1.43. The summed E-state index contributed by atoms with van der Waals surface area (Å²) in [5, 5.41) is 3.36.